The lowest BCUT2D eigenvalue weighted by Crippen LogP contribution is -2.13. The average molecular weight is 189 g/mol. The summed E-state index contributed by atoms with van der Waals surface area (Å²) in [5.41, 5.74) is 1.73. The zero-order chi connectivity index (χ0) is 9.97. The van der Waals surface area contributed by atoms with E-state index in [4.69, 9.17) is 0 Å². The Balaban J connectivity index is 2.23. The standard InChI is InChI=1S/C11H11NO2/c13-7-8-2-1-3-9(4-8)10-5-11(14)12-6-10/h1-4,7,10H,5-6H2,(H,12,14). The van der Waals surface area contributed by atoms with Crippen LogP contribution in [0.1, 0.15) is 28.3 Å². The van der Waals surface area contributed by atoms with Crippen LogP contribution in [0.3, 0.4) is 0 Å². The molecule has 14 heavy (non-hydrogen) atoms. The van der Waals surface area contributed by atoms with Crippen molar-refractivity contribution in [3.05, 3.63) is 35.4 Å². The number of hydrogen-bond donors (Lipinski definition) is 1. The highest BCUT2D eigenvalue weighted by atomic mass is 16.1. The highest BCUT2D eigenvalue weighted by molar-refractivity contribution is 5.80. The quantitative estimate of drug-likeness (QED) is 0.708. The lowest BCUT2D eigenvalue weighted by molar-refractivity contribution is -0.119. The van der Waals surface area contributed by atoms with Crippen LogP contribution in [0.4, 0.5) is 0 Å². The van der Waals surface area contributed by atoms with Gasteiger partial charge in [-0.1, -0.05) is 18.2 Å². The summed E-state index contributed by atoms with van der Waals surface area (Å²) in [5, 5.41) is 2.78. The molecule has 0 bridgehead atoms. The van der Waals surface area contributed by atoms with E-state index in [1.807, 2.05) is 18.2 Å². The van der Waals surface area contributed by atoms with E-state index in [2.05, 4.69) is 5.32 Å². The summed E-state index contributed by atoms with van der Waals surface area (Å²) in [6, 6.07) is 7.42. The van der Waals surface area contributed by atoms with Crippen molar-refractivity contribution in [1.29, 1.82) is 0 Å². The highest BCUT2D eigenvalue weighted by Crippen LogP contribution is 2.23. The Hall–Kier alpha value is -1.64. The second-order valence-corrected chi connectivity index (χ2v) is 3.49. The Labute approximate surface area is 82.1 Å². The smallest absolute Gasteiger partial charge is 0.220 e. The summed E-state index contributed by atoms with van der Waals surface area (Å²) in [4.78, 5) is 21.6. The summed E-state index contributed by atoms with van der Waals surface area (Å²) >= 11 is 0. The lowest BCUT2D eigenvalue weighted by atomic mass is 9.97. The zero-order valence-electron chi connectivity index (χ0n) is 7.69. The Kier molecular flexibility index (Phi) is 2.31. The van der Waals surface area contributed by atoms with E-state index in [1.165, 1.54) is 0 Å². The Morgan fingerprint density at radius 2 is 2.29 bits per heavy atom. The fourth-order valence-electron chi connectivity index (χ4n) is 1.73. The number of benzene rings is 1. The zero-order valence-corrected chi connectivity index (χ0v) is 7.69. The van der Waals surface area contributed by atoms with Gasteiger partial charge in [-0.05, 0) is 11.6 Å². The molecule has 3 nitrogen and oxygen atoms in total. The molecule has 1 atom stereocenters. The first-order chi connectivity index (χ1) is 6.79. The molecule has 0 aliphatic carbocycles. The predicted molar refractivity (Wildman–Crippen MR) is 52.2 cm³/mol. The third kappa shape index (κ3) is 1.66. The van der Waals surface area contributed by atoms with Crippen molar-refractivity contribution in [2.45, 2.75) is 12.3 Å². The first-order valence-electron chi connectivity index (χ1n) is 4.61. The van der Waals surface area contributed by atoms with Gasteiger partial charge in [0, 0.05) is 24.4 Å². The molecule has 1 amide bonds. The van der Waals surface area contributed by atoms with Crippen molar-refractivity contribution in [3.63, 3.8) is 0 Å². The first-order valence-corrected chi connectivity index (χ1v) is 4.61. The van der Waals surface area contributed by atoms with E-state index < -0.39 is 0 Å². The average Bonchev–Trinajstić information content (AvgIpc) is 2.65. The number of nitrogens with one attached hydrogen (secondary N) is 1. The van der Waals surface area contributed by atoms with Crippen molar-refractivity contribution in [2.24, 2.45) is 0 Å². The minimum absolute atomic E-state index is 0.0894. The molecule has 72 valence electrons. The largest absolute Gasteiger partial charge is 0.355 e. The molecule has 2 rings (SSSR count). The summed E-state index contributed by atoms with van der Waals surface area (Å²) in [5.74, 6) is 0.314. The van der Waals surface area contributed by atoms with Gasteiger partial charge in [0.15, 0.2) is 0 Å². The maximum absolute atomic E-state index is 11.0. The number of carbonyl (C=O) groups excluding carboxylic acids is 2. The second kappa shape index (κ2) is 3.62. The molecule has 1 unspecified atom stereocenters. The van der Waals surface area contributed by atoms with Crippen molar-refractivity contribution in [2.75, 3.05) is 6.54 Å². The van der Waals surface area contributed by atoms with Crippen LogP contribution in [-0.4, -0.2) is 18.7 Å². The van der Waals surface area contributed by atoms with Crippen molar-refractivity contribution < 1.29 is 9.59 Å². The lowest BCUT2D eigenvalue weighted by Gasteiger charge is -2.07. The fourth-order valence-corrected chi connectivity index (χ4v) is 1.73. The molecule has 0 saturated carbocycles. The van der Waals surface area contributed by atoms with Gasteiger partial charge in [-0.2, -0.15) is 0 Å². The van der Waals surface area contributed by atoms with E-state index in [9.17, 15) is 9.59 Å². The molecule has 1 aromatic carbocycles. The van der Waals surface area contributed by atoms with Gasteiger partial charge in [-0.15, -0.1) is 0 Å². The van der Waals surface area contributed by atoms with Crippen LogP contribution >= 0.6 is 0 Å². The van der Waals surface area contributed by atoms with Gasteiger partial charge in [0.05, 0.1) is 0 Å². The molecule has 3 heteroatoms. The molecule has 1 N–H and O–H groups in total. The molecule has 1 heterocycles. The molecular formula is C11H11NO2. The number of aldehydes is 1. The third-order valence-corrected chi connectivity index (χ3v) is 2.50. The van der Waals surface area contributed by atoms with Crippen LogP contribution in [0.25, 0.3) is 0 Å². The van der Waals surface area contributed by atoms with Crippen LogP contribution in [0, 0.1) is 0 Å². The summed E-state index contributed by atoms with van der Waals surface area (Å²) in [6.07, 6.45) is 1.36. The first kappa shape index (κ1) is 8.94. The van der Waals surface area contributed by atoms with Gasteiger partial charge in [-0.3, -0.25) is 9.59 Å². The van der Waals surface area contributed by atoms with Gasteiger partial charge >= 0.3 is 0 Å². The molecule has 1 fully saturated rings. The summed E-state index contributed by atoms with van der Waals surface area (Å²) < 4.78 is 0. The van der Waals surface area contributed by atoms with Crippen molar-refractivity contribution >= 4 is 12.2 Å². The van der Waals surface area contributed by atoms with Gasteiger partial charge in [0.2, 0.25) is 5.91 Å². The second-order valence-electron chi connectivity index (χ2n) is 3.49. The predicted octanol–water partition coefficient (Wildman–Crippen LogP) is 1.10. The number of rotatable bonds is 2. The molecule has 1 aliphatic heterocycles. The van der Waals surface area contributed by atoms with Crippen LogP contribution in [-0.2, 0) is 4.79 Å². The van der Waals surface area contributed by atoms with Gasteiger partial charge in [-0.25, -0.2) is 0 Å². The monoisotopic (exact) mass is 189 g/mol. The minimum atomic E-state index is 0.0894. The summed E-state index contributed by atoms with van der Waals surface area (Å²) in [7, 11) is 0. The number of carbonyl (C=O) groups is 2. The molecule has 0 radical (unpaired) electrons. The van der Waals surface area contributed by atoms with Crippen molar-refractivity contribution in [3.8, 4) is 0 Å². The van der Waals surface area contributed by atoms with Crippen LogP contribution in [0.2, 0.25) is 0 Å². The number of amides is 1. The normalized spacial score (nSPS) is 20.6. The van der Waals surface area contributed by atoms with E-state index in [0.717, 1.165) is 11.8 Å². The SMILES string of the molecule is O=Cc1cccc(C2CNC(=O)C2)c1. The van der Waals surface area contributed by atoms with Gasteiger partial charge < -0.3 is 5.32 Å². The molecule has 0 aromatic heterocycles. The molecular weight excluding hydrogens is 178 g/mol. The Bertz CT molecular complexity index is 373. The molecule has 1 aromatic rings. The van der Waals surface area contributed by atoms with E-state index >= 15 is 0 Å². The maximum atomic E-state index is 11.0. The summed E-state index contributed by atoms with van der Waals surface area (Å²) in [6.45, 7) is 0.682. The van der Waals surface area contributed by atoms with Crippen LogP contribution in [0.5, 0.6) is 0 Å². The van der Waals surface area contributed by atoms with Gasteiger partial charge in [0.25, 0.3) is 0 Å². The molecule has 0 spiro atoms. The van der Waals surface area contributed by atoms with E-state index in [0.29, 0.717) is 18.5 Å². The van der Waals surface area contributed by atoms with Gasteiger partial charge in [0.1, 0.15) is 6.29 Å². The fraction of sp³-hybridized carbons (Fsp3) is 0.273. The Morgan fingerprint density at radius 3 is 2.93 bits per heavy atom. The van der Waals surface area contributed by atoms with Crippen LogP contribution in [0.15, 0.2) is 24.3 Å². The topological polar surface area (TPSA) is 46.2 Å². The number of hydrogen-bond acceptors (Lipinski definition) is 2. The molecule has 1 aliphatic rings. The van der Waals surface area contributed by atoms with E-state index in [1.54, 1.807) is 6.07 Å². The Morgan fingerprint density at radius 1 is 1.43 bits per heavy atom. The van der Waals surface area contributed by atoms with Crippen LogP contribution < -0.4 is 5.32 Å². The highest BCUT2D eigenvalue weighted by Gasteiger charge is 2.22. The maximum Gasteiger partial charge on any atom is 0.220 e. The molecule has 1 saturated heterocycles. The minimum Gasteiger partial charge on any atom is -0.355 e. The van der Waals surface area contributed by atoms with Crippen molar-refractivity contribution in [1.82, 2.24) is 5.32 Å². The van der Waals surface area contributed by atoms with E-state index in [-0.39, 0.29) is 11.8 Å². The third-order valence-electron chi connectivity index (χ3n) is 2.50.